The van der Waals surface area contributed by atoms with Crippen LogP contribution in [0.2, 0.25) is 5.02 Å². The van der Waals surface area contributed by atoms with Crippen LogP contribution in [0.4, 0.5) is 0 Å². The number of carbonyl (C=O) groups excluding carboxylic acids is 1. The van der Waals surface area contributed by atoms with Crippen molar-refractivity contribution in [2.45, 2.75) is 16.5 Å². The molecule has 8 nitrogen and oxygen atoms in total. The summed E-state index contributed by atoms with van der Waals surface area (Å²) in [7, 11) is 1.55. The first-order valence-corrected chi connectivity index (χ1v) is 8.67. The van der Waals surface area contributed by atoms with E-state index >= 15 is 0 Å². The zero-order valence-electron chi connectivity index (χ0n) is 13.7. The number of carbonyl (C=O) groups is 1. The van der Waals surface area contributed by atoms with Gasteiger partial charge in [0.05, 0.1) is 35.4 Å². The molecule has 0 aliphatic rings. The lowest BCUT2D eigenvalue weighted by atomic mass is 10.2. The molecule has 2 aromatic heterocycles. The SMILES string of the molecule is COCCn1cnc2ccc(Sc3nccnc3C(N)=O)c(Cl)c2c1=O. The molecule has 0 atom stereocenters. The molecule has 0 bridgehead atoms. The summed E-state index contributed by atoms with van der Waals surface area (Å²) in [6.07, 6.45) is 4.29. The van der Waals surface area contributed by atoms with Gasteiger partial charge in [-0.2, -0.15) is 0 Å². The fourth-order valence-corrected chi connectivity index (χ4v) is 3.54. The standard InChI is InChI=1S/C16H14ClN5O3S/c1-25-7-6-22-8-21-9-2-3-10(12(17)11(9)16(22)24)26-15-13(14(18)23)19-4-5-20-15/h2-5,8H,6-7H2,1H3,(H2,18,23). The topological polar surface area (TPSA) is 113 Å². The molecule has 3 rings (SSSR count). The lowest BCUT2D eigenvalue weighted by Crippen LogP contribution is -2.23. The van der Waals surface area contributed by atoms with Gasteiger partial charge in [-0.15, -0.1) is 0 Å². The third-order valence-corrected chi connectivity index (χ3v) is 5.09. The molecule has 26 heavy (non-hydrogen) atoms. The Balaban J connectivity index is 2.08. The average molecular weight is 392 g/mol. The van der Waals surface area contributed by atoms with E-state index in [1.54, 1.807) is 19.2 Å². The van der Waals surface area contributed by atoms with Gasteiger partial charge in [-0.25, -0.2) is 15.0 Å². The molecular formula is C16H14ClN5O3S. The molecule has 0 unspecified atom stereocenters. The molecule has 1 amide bonds. The zero-order chi connectivity index (χ0) is 18.7. The van der Waals surface area contributed by atoms with Gasteiger partial charge in [0, 0.05) is 24.4 Å². The molecule has 2 heterocycles. The van der Waals surface area contributed by atoms with E-state index in [4.69, 9.17) is 22.1 Å². The Bertz CT molecular complexity index is 1040. The van der Waals surface area contributed by atoms with Crippen molar-refractivity contribution in [1.29, 1.82) is 0 Å². The Labute approximate surface area is 157 Å². The fraction of sp³-hybridized carbons (Fsp3) is 0.188. The Hall–Kier alpha value is -2.49. The van der Waals surface area contributed by atoms with E-state index in [2.05, 4.69) is 15.0 Å². The molecule has 1 aromatic carbocycles. The summed E-state index contributed by atoms with van der Waals surface area (Å²) < 4.78 is 6.43. The fourth-order valence-electron chi connectivity index (χ4n) is 2.29. The second-order valence-electron chi connectivity index (χ2n) is 5.18. The third kappa shape index (κ3) is 3.55. The van der Waals surface area contributed by atoms with Gasteiger partial charge >= 0.3 is 0 Å². The number of rotatable bonds is 6. The normalized spacial score (nSPS) is 11.0. The van der Waals surface area contributed by atoms with Crippen molar-refractivity contribution in [2.75, 3.05) is 13.7 Å². The molecule has 134 valence electrons. The molecule has 3 aromatic rings. The lowest BCUT2D eigenvalue weighted by molar-refractivity contribution is 0.0991. The van der Waals surface area contributed by atoms with Crippen LogP contribution in [0.3, 0.4) is 0 Å². The predicted molar refractivity (Wildman–Crippen MR) is 97.6 cm³/mol. The Morgan fingerprint density at radius 2 is 2.08 bits per heavy atom. The van der Waals surface area contributed by atoms with Crippen LogP contribution in [0.25, 0.3) is 10.9 Å². The zero-order valence-corrected chi connectivity index (χ0v) is 15.3. The van der Waals surface area contributed by atoms with E-state index in [-0.39, 0.29) is 16.3 Å². The van der Waals surface area contributed by atoms with Gasteiger partial charge in [-0.05, 0) is 12.1 Å². The molecule has 0 saturated heterocycles. The maximum Gasteiger partial charge on any atom is 0.270 e. The van der Waals surface area contributed by atoms with E-state index in [1.165, 1.54) is 23.3 Å². The highest BCUT2D eigenvalue weighted by Crippen LogP contribution is 2.36. The number of hydrogen-bond donors (Lipinski definition) is 1. The minimum Gasteiger partial charge on any atom is -0.383 e. The van der Waals surface area contributed by atoms with Crippen LogP contribution in [0.15, 0.2) is 45.6 Å². The molecule has 0 aliphatic carbocycles. The third-order valence-electron chi connectivity index (χ3n) is 3.54. The van der Waals surface area contributed by atoms with Crippen molar-refractivity contribution in [3.05, 3.63) is 51.9 Å². The summed E-state index contributed by atoms with van der Waals surface area (Å²) in [4.78, 5) is 37.1. The van der Waals surface area contributed by atoms with Gasteiger partial charge in [0.1, 0.15) is 5.03 Å². The maximum atomic E-state index is 12.7. The Kier molecular flexibility index (Phi) is 5.50. The summed E-state index contributed by atoms with van der Waals surface area (Å²) >= 11 is 7.57. The summed E-state index contributed by atoms with van der Waals surface area (Å²) in [6.45, 7) is 0.739. The Morgan fingerprint density at radius 1 is 1.31 bits per heavy atom. The van der Waals surface area contributed by atoms with Crippen molar-refractivity contribution >= 4 is 40.2 Å². The number of ether oxygens (including phenoxy) is 1. The predicted octanol–water partition coefficient (Wildman–Crippen LogP) is 1.74. The molecule has 10 heteroatoms. The number of primary amides is 1. The van der Waals surface area contributed by atoms with Crippen molar-refractivity contribution in [3.8, 4) is 0 Å². The molecule has 0 saturated carbocycles. The highest BCUT2D eigenvalue weighted by molar-refractivity contribution is 7.99. The first-order chi connectivity index (χ1) is 12.5. The summed E-state index contributed by atoms with van der Waals surface area (Å²) in [5.74, 6) is -0.693. The quantitative estimate of drug-likeness (QED) is 0.680. The van der Waals surface area contributed by atoms with Gasteiger partial charge in [-0.1, -0.05) is 23.4 Å². The first kappa shape index (κ1) is 18.3. The van der Waals surface area contributed by atoms with Crippen LogP contribution < -0.4 is 11.3 Å². The van der Waals surface area contributed by atoms with Gasteiger partial charge < -0.3 is 10.5 Å². The molecule has 0 aliphatic heterocycles. The average Bonchev–Trinajstić information content (AvgIpc) is 2.63. The largest absolute Gasteiger partial charge is 0.383 e. The number of nitrogens with zero attached hydrogens (tertiary/aromatic N) is 4. The van der Waals surface area contributed by atoms with E-state index in [1.807, 2.05) is 0 Å². The highest BCUT2D eigenvalue weighted by Gasteiger charge is 2.17. The van der Waals surface area contributed by atoms with E-state index in [0.717, 1.165) is 11.8 Å². The number of halogens is 1. The van der Waals surface area contributed by atoms with E-state index in [0.29, 0.717) is 34.0 Å². The number of fused-ring (bicyclic) bond motifs is 1. The van der Waals surface area contributed by atoms with E-state index < -0.39 is 5.91 Å². The summed E-state index contributed by atoms with van der Waals surface area (Å²) in [5.41, 5.74) is 5.57. The smallest absolute Gasteiger partial charge is 0.270 e. The minimum atomic E-state index is -0.693. The maximum absolute atomic E-state index is 12.7. The van der Waals surface area contributed by atoms with Crippen molar-refractivity contribution in [3.63, 3.8) is 0 Å². The van der Waals surface area contributed by atoms with Crippen molar-refractivity contribution < 1.29 is 9.53 Å². The van der Waals surface area contributed by atoms with Gasteiger partial charge in [0.15, 0.2) is 5.69 Å². The first-order valence-electron chi connectivity index (χ1n) is 7.48. The molecule has 0 fully saturated rings. The molecule has 0 radical (unpaired) electrons. The van der Waals surface area contributed by atoms with Crippen molar-refractivity contribution in [1.82, 2.24) is 19.5 Å². The van der Waals surface area contributed by atoms with Crippen LogP contribution in [0, 0.1) is 0 Å². The van der Waals surface area contributed by atoms with Crippen molar-refractivity contribution in [2.24, 2.45) is 5.73 Å². The number of nitrogens with two attached hydrogens (primary N) is 1. The number of amides is 1. The molecule has 2 N–H and O–H groups in total. The number of benzene rings is 1. The summed E-state index contributed by atoms with van der Waals surface area (Å²) in [5, 5.41) is 0.836. The van der Waals surface area contributed by atoms with E-state index in [9.17, 15) is 9.59 Å². The summed E-state index contributed by atoms with van der Waals surface area (Å²) in [6, 6.07) is 3.40. The van der Waals surface area contributed by atoms with Gasteiger partial charge in [-0.3, -0.25) is 14.2 Å². The Morgan fingerprint density at radius 3 is 2.81 bits per heavy atom. The monoisotopic (exact) mass is 391 g/mol. The number of hydrogen-bond acceptors (Lipinski definition) is 7. The van der Waals surface area contributed by atoms with Gasteiger partial charge in [0.25, 0.3) is 11.5 Å². The van der Waals surface area contributed by atoms with Crippen LogP contribution in [-0.2, 0) is 11.3 Å². The highest BCUT2D eigenvalue weighted by atomic mass is 35.5. The minimum absolute atomic E-state index is 0.0392. The second kappa shape index (κ2) is 7.81. The second-order valence-corrected chi connectivity index (χ2v) is 6.59. The number of aromatic nitrogens is 4. The van der Waals surface area contributed by atoms with Crippen LogP contribution in [0.1, 0.15) is 10.5 Å². The molecule has 0 spiro atoms. The van der Waals surface area contributed by atoms with Crippen LogP contribution >= 0.6 is 23.4 Å². The lowest BCUT2D eigenvalue weighted by Gasteiger charge is -2.10. The molecular weight excluding hydrogens is 378 g/mol. The number of methoxy groups -OCH3 is 1. The van der Waals surface area contributed by atoms with Crippen LogP contribution in [0.5, 0.6) is 0 Å². The van der Waals surface area contributed by atoms with Gasteiger partial charge in [0.2, 0.25) is 0 Å². The van der Waals surface area contributed by atoms with Crippen LogP contribution in [-0.4, -0.2) is 39.1 Å².